The summed E-state index contributed by atoms with van der Waals surface area (Å²) >= 11 is 0. The third-order valence-electron chi connectivity index (χ3n) is 10.9. The van der Waals surface area contributed by atoms with Gasteiger partial charge in [-0.1, -0.05) is 152 Å². The van der Waals surface area contributed by atoms with E-state index in [1.54, 1.807) is 0 Å². The molecule has 0 amide bonds. The lowest BCUT2D eigenvalue weighted by atomic mass is 9.99. The molecule has 8 aromatic carbocycles. The highest BCUT2D eigenvalue weighted by Gasteiger charge is 2.21. The second kappa shape index (κ2) is 13.1. The zero-order chi connectivity index (χ0) is 37.0. The van der Waals surface area contributed by atoms with Crippen LogP contribution >= 0.6 is 0 Å². The van der Waals surface area contributed by atoms with E-state index in [1.807, 2.05) is 0 Å². The lowest BCUT2D eigenvalue weighted by molar-refractivity contribution is 1.11. The van der Waals surface area contributed by atoms with Crippen LogP contribution in [-0.2, 0) is 0 Å². The van der Waals surface area contributed by atoms with Crippen molar-refractivity contribution >= 4 is 43.7 Å². The number of hydrogen-bond acceptors (Lipinski definition) is 2. The molecule has 0 saturated heterocycles. The van der Waals surface area contributed by atoms with E-state index >= 15 is 0 Å². The molecule has 0 bridgehead atoms. The topological polar surface area (TPSA) is 35.6 Å². The highest BCUT2D eigenvalue weighted by molar-refractivity contribution is 6.14. The molecule has 4 heteroatoms. The summed E-state index contributed by atoms with van der Waals surface area (Å²) in [5.74, 6) is 0.679. The third kappa shape index (κ3) is 5.23. The predicted molar refractivity (Wildman–Crippen MR) is 232 cm³/mol. The molecule has 0 N–H and O–H groups in total. The zero-order valence-corrected chi connectivity index (χ0v) is 30.4. The van der Waals surface area contributed by atoms with Crippen LogP contribution in [0.4, 0.5) is 0 Å². The number of para-hydroxylation sites is 4. The minimum Gasteiger partial charge on any atom is -0.309 e. The first-order chi connectivity index (χ1) is 27.8. The number of hydrogen-bond donors (Lipinski definition) is 0. The van der Waals surface area contributed by atoms with Gasteiger partial charge in [-0.2, -0.15) is 0 Å². The standard InChI is InChI=1S/C52H34N4/c1-3-16-35(17-4-1)36-18-13-21-39(32-36)50-49-45-28-9-12-31-48(45)56(41-23-5-2-6-24-41)52(49)54-51(53-50)40-22-14-19-37(33-40)38-20-15-25-42(34-38)55-46-29-10-7-26-43(46)44-27-8-11-30-47(44)55/h1-34H. The number of rotatable bonds is 6. The van der Waals surface area contributed by atoms with Crippen LogP contribution in [0.15, 0.2) is 206 Å². The Morgan fingerprint density at radius 2 is 0.768 bits per heavy atom. The van der Waals surface area contributed by atoms with Gasteiger partial charge in [0.1, 0.15) is 5.65 Å². The van der Waals surface area contributed by atoms with Crippen LogP contribution in [0.25, 0.3) is 100 Å². The van der Waals surface area contributed by atoms with Crippen LogP contribution in [0.1, 0.15) is 0 Å². The maximum Gasteiger partial charge on any atom is 0.162 e. The number of benzene rings is 8. The molecule has 262 valence electrons. The van der Waals surface area contributed by atoms with Crippen molar-refractivity contribution in [1.29, 1.82) is 0 Å². The van der Waals surface area contributed by atoms with Crippen LogP contribution in [0.3, 0.4) is 0 Å². The van der Waals surface area contributed by atoms with Crippen molar-refractivity contribution in [2.45, 2.75) is 0 Å². The highest BCUT2D eigenvalue weighted by Crippen LogP contribution is 2.40. The summed E-state index contributed by atoms with van der Waals surface area (Å²) in [4.78, 5) is 10.9. The molecule has 56 heavy (non-hydrogen) atoms. The predicted octanol–water partition coefficient (Wildman–Crippen LogP) is 13.3. The van der Waals surface area contributed by atoms with Gasteiger partial charge in [-0.3, -0.25) is 4.57 Å². The molecular weight excluding hydrogens is 681 g/mol. The summed E-state index contributed by atoms with van der Waals surface area (Å²) in [7, 11) is 0. The molecule has 11 aromatic rings. The Labute approximate surface area is 324 Å². The second-order valence-corrected chi connectivity index (χ2v) is 14.2. The van der Waals surface area contributed by atoms with Crippen molar-refractivity contribution in [3.63, 3.8) is 0 Å². The molecule has 0 aliphatic carbocycles. The van der Waals surface area contributed by atoms with Crippen LogP contribution in [-0.4, -0.2) is 19.1 Å². The largest absolute Gasteiger partial charge is 0.309 e. The molecular formula is C52H34N4. The van der Waals surface area contributed by atoms with Crippen molar-refractivity contribution < 1.29 is 0 Å². The van der Waals surface area contributed by atoms with Crippen LogP contribution < -0.4 is 0 Å². The van der Waals surface area contributed by atoms with Crippen LogP contribution in [0.2, 0.25) is 0 Å². The Bertz CT molecular complexity index is 3190. The summed E-state index contributed by atoms with van der Waals surface area (Å²) in [6.45, 7) is 0. The van der Waals surface area contributed by atoms with E-state index in [0.29, 0.717) is 5.82 Å². The normalized spacial score (nSPS) is 11.6. The molecule has 0 unspecified atom stereocenters. The zero-order valence-electron chi connectivity index (χ0n) is 30.4. The molecule has 11 rings (SSSR count). The second-order valence-electron chi connectivity index (χ2n) is 14.2. The SMILES string of the molecule is c1ccc(-c2cccc(-c3nc(-c4cccc(-c5cccc(-n6c7ccccc7c7ccccc76)c5)c4)nc4c3c3ccccc3n4-c3ccccc3)c2)cc1. The lowest BCUT2D eigenvalue weighted by Gasteiger charge is -2.13. The Morgan fingerprint density at radius 1 is 0.304 bits per heavy atom. The van der Waals surface area contributed by atoms with Gasteiger partial charge in [0.2, 0.25) is 0 Å². The summed E-state index contributed by atoms with van der Waals surface area (Å²) in [5, 5.41) is 4.66. The van der Waals surface area contributed by atoms with E-state index in [1.165, 1.54) is 27.4 Å². The van der Waals surface area contributed by atoms with Crippen molar-refractivity contribution in [3.8, 4) is 56.3 Å². The third-order valence-corrected chi connectivity index (χ3v) is 10.9. The monoisotopic (exact) mass is 714 g/mol. The van der Waals surface area contributed by atoms with Crippen LogP contribution in [0.5, 0.6) is 0 Å². The van der Waals surface area contributed by atoms with Gasteiger partial charge in [0.15, 0.2) is 5.82 Å². The van der Waals surface area contributed by atoms with E-state index in [4.69, 9.17) is 9.97 Å². The quantitative estimate of drug-likeness (QED) is 0.172. The van der Waals surface area contributed by atoms with Gasteiger partial charge in [0.05, 0.1) is 27.6 Å². The Balaban J connectivity index is 1.11. The van der Waals surface area contributed by atoms with Crippen LogP contribution in [0, 0.1) is 0 Å². The molecule has 0 spiro atoms. The molecule has 0 radical (unpaired) electrons. The summed E-state index contributed by atoms with van der Waals surface area (Å²) in [5.41, 5.74) is 14.0. The lowest BCUT2D eigenvalue weighted by Crippen LogP contribution is -1.99. The number of aromatic nitrogens is 4. The average Bonchev–Trinajstić information content (AvgIpc) is 3.80. The minimum absolute atomic E-state index is 0.679. The van der Waals surface area contributed by atoms with Gasteiger partial charge in [0.25, 0.3) is 0 Å². The van der Waals surface area contributed by atoms with Gasteiger partial charge in [-0.05, 0) is 76.9 Å². The molecule has 4 nitrogen and oxygen atoms in total. The fourth-order valence-corrected chi connectivity index (χ4v) is 8.37. The summed E-state index contributed by atoms with van der Waals surface area (Å²) < 4.78 is 4.65. The van der Waals surface area contributed by atoms with Gasteiger partial charge in [-0.25, -0.2) is 9.97 Å². The maximum absolute atomic E-state index is 5.47. The average molecular weight is 715 g/mol. The van der Waals surface area contributed by atoms with E-state index in [2.05, 4.69) is 215 Å². The first-order valence-electron chi connectivity index (χ1n) is 19.0. The van der Waals surface area contributed by atoms with Gasteiger partial charge >= 0.3 is 0 Å². The van der Waals surface area contributed by atoms with Crippen molar-refractivity contribution in [1.82, 2.24) is 19.1 Å². The van der Waals surface area contributed by atoms with E-state index in [9.17, 15) is 0 Å². The van der Waals surface area contributed by atoms with Gasteiger partial charge < -0.3 is 4.57 Å². The Kier molecular flexibility index (Phi) is 7.46. The van der Waals surface area contributed by atoms with E-state index in [-0.39, 0.29) is 0 Å². The van der Waals surface area contributed by atoms with Gasteiger partial charge in [0, 0.05) is 38.7 Å². The molecule has 0 aliphatic heterocycles. The maximum atomic E-state index is 5.47. The Hall–Kier alpha value is -7.56. The van der Waals surface area contributed by atoms with Crippen molar-refractivity contribution in [2.75, 3.05) is 0 Å². The molecule has 0 saturated carbocycles. The number of fused-ring (bicyclic) bond motifs is 6. The number of nitrogens with zero attached hydrogens (tertiary/aromatic N) is 4. The Morgan fingerprint density at radius 3 is 1.46 bits per heavy atom. The van der Waals surface area contributed by atoms with E-state index < -0.39 is 0 Å². The first-order valence-corrected chi connectivity index (χ1v) is 19.0. The van der Waals surface area contributed by atoms with E-state index in [0.717, 1.165) is 66.8 Å². The smallest absolute Gasteiger partial charge is 0.162 e. The van der Waals surface area contributed by atoms with Crippen molar-refractivity contribution in [3.05, 3.63) is 206 Å². The molecule has 3 aromatic heterocycles. The fraction of sp³-hybridized carbons (Fsp3) is 0. The minimum atomic E-state index is 0.679. The molecule has 3 heterocycles. The molecule has 0 fully saturated rings. The summed E-state index contributed by atoms with van der Waals surface area (Å²) in [6.07, 6.45) is 0. The first kappa shape index (κ1) is 31.9. The molecule has 0 aliphatic rings. The highest BCUT2D eigenvalue weighted by atomic mass is 15.1. The molecule has 0 atom stereocenters. The fourth-order valence-electron chi connectivity index (χ4n) is 8.37. The van der Waals surface area contributed by atoms with Crippen molar-refractivity contribution in [2.24, 2.45) is 0 Å². The summed E-state index contributed by atoms with van der Waals surface area (Å²) in [6, 6.07) is 73.1. The van der Waals surface area contributed by atoms with Gasteiger partial charge in [-0.15, -0.1) is 0 Å².